The Hall–Kier alpha value is -3.68. The van der Waals surface area contributed by atoms with Crippen molar-refractivity contribution in [3.63, 3.8) is 0 Å². The largest absolute Gasteiger partial charge is 0.458 e. The normalized spacial score (nSPS) is 12.1. The van der Waals surface area contributed by atoms with Crippen molar-refractivity contribution in [1.29, 1.82) is 0 Å². The molecule has 0 spiro atoms. The van der Waals surface area contributed by atoms with Gasteiger partial charge in [-0.25, -0.2) is 9.59 Å². The fourth-order valence-electron chi connectivity index (χ4n) is 7.06. The third kappa shape index (κ3) is 26.3. The molecule has 0 saturated carbocycles. The molecule has 2 aromatic rings. The maximum Gasteiger partial charge on any atom is 0.352 e. The summed E-state index contributed by atoms with van der Waals surface area (Å²) < 4.78 is 22.5. The van der Waals surface area contributed by atoms with Gasteiger partial charge in [-0.1, -0.05) is 229 Å². The summed E-state index contributed by atoms with van der Waals surface area (Å²) in [6, 6.07) is 18.2. The molecule has 8 nitrogen and oxygen atoms in total. The Kier molecular flexibility index (Phi) is 30.7. The monoisotopic (exact) mass is 807 g/mol. The molecular formula is C50H78O8. The van der Waals surface area contributed by atoms with E-state index in [-0.39, 0.29) is 26.1 Å². The van der Waals surface area contributed by atoms with E-state index in [1.807, 2.05) is 36.4 Å². The number of unbranched alkanes of at least 4 members (excludes halogenated alkanes) is 24. The maximum atomic E-state index is 13.6. The highest BCUT2D eigenvalue weighted by atomic mass is 16.6. The first-order valence-electron chi connectivity index (χ1n) is 23.2. The summed E-state index contributed by atoms with van der Waals surface area (Å²) in [5.74, 6) is -3.26. The molecule has 8 heteroatoms. The highest BCUT2D eigenvalue weighted by molar-refractivity contribution is 5.89. The lowest BCUT2D eigenvalue weighted by Crippen LogP contribution is -2.47. The third-order valence-electron chi connectivity index (χ3n) is 10.7. The number of rotatable bonds is 37. The summed E-state index contributed by atoms with van der Waals surface area (Å²) in [5, 5.41) is 0. The Bertz CT molecular complexity index is 1210. The van der Waals surface area contributed by atoms with Crippen molar-refractivity contribution < 1.29 is 38.1 Å². The molecule has 0 saturated heterocycles. The zero-order valence-electron chi connectivity index (χ0n) is 36.4. The predicted molar refractivity (Wildman–Crippen MR) is 233 cm³/mol. The van der Waals surface area contributed by atoms with E-state index in [1.165, 1.54) is 116 Å². The van der Waals surface area contributed by atoms with Gasteiger partial charge in [0.25, 0.3) is 0 Å². The SMILES string of the molecule is CCCCCCCCCCCCCCCC(=O)O[C@@H](C(=O)OCc1ccccc1)[C@@H](OC(=O)CCCCCCCCCCCCCCC)C(=O)OCc1ccccc1. The molecule has 2 aromatic carbocycles. The zero-order chi connectivity index (χ0) is 41.7. The number of ether oxygens (including phenoxy) is 4. The van der Waals surface area contributed by atoms with Gasteiger partial charge in [0.15, 0.2) is 0 Å². The van der Waals surface area contributed by atoms with E-state index < -0.39 is 36.1 Å². The van der Waals surface area contributed by atoms with Crippen LogP contribution in [0.2, 0.25) is 0 Å². The zero-order valence-corrected chi connectivity index (χ0v) is 36.4. The van der Waals surface area contributed by atoms with E-state index in [1.54, 1.807) is 24.3 Å². The first kappa shape index (κ1) is 50.5. The third-order valence-corrected chi connectivity index (χ3v) is 10.7. The molecule has 0 fully saturated rings. The van der Waals surface area contributed by atoms with Crippen LogP contribution in [0.1, 0.15) is 205 Å². The van der Waals surface area contributed by atoms with E-state index >= 15 is 0 Å². The van der Waals surface area contributed by atoms with Crippen LogP contribution in [0.15, 0.2) is 60.7 Å². The molecule has 2 rings (SSSR count). The summed E-state index contributed by atoms with van der Waals surface area (Å²) in [6.45, 7) is 4.27. The Morgan fingerprint density at radius 1 is 0.379 bits per heavy atom. The lowest BCUT2D eigenvalue weighted by atomic mass is 10.0. The quantitative estimate of drug-likeness (QED) is 0.0377. The van der Waals surface area contributed by atoms with Crippen LogP contribution in [0.5, 0.6) is 0 Å². The molecule has 0 aliphatic carbocycles. The fraction of sp³-hybridized carbons (Fsp3) is 0.680. The Labute approximate surface area is 351 Å². The number of hydrogen-bond donors (Lipinski definition) is 0. The van der Waals surface area contributed by atoms with Gasteiger partial charge < -0.3 is 18.9 Å². The second kappa shape index (κ2) is 35.3. The minimum atomic E-state index is -1.81. The highest BCUT2D eigenvalue weighted by Crippen LogP contribution is 2.19. The maximum absolute atomic E-state index is 13.6. The fourth-order valence-corrected chi connectivity index (χ4v) is 7.06. The van der Waals surface area contributed by atoms with Gasteiger partial charge in [0.2, 0.25) is 12.2 Å². The Morgan fingerprint density at radius 2 is 0.638 bits per heavy atom. The second-order valence-electron chi connectivity index (χ2n) is 16.0. The molecule has 2 atom stereocenters. The van der Waals surface area contributed by atoms with Crippen LogP contribution in [0.3, 0.4) is 0 Å². The van der Waals surface area contributed by atoms with E-state index in [9.17, 15) is 19.2 Å². The predicted octanol–water partition coefficient (Wildman–Crippen LogP) is 13.3. The molecule has 0 unspecified atom stereocenters. The average molecular weight is 807 g/mol. The van der Waals surface area contributed by atoms with Crippen molar-refractivity contribution in [2.75, 3.05) is 0 Å². The van der Waals surface area contributed by atoms with Crippen LogP contribution in [-0.4, -0.2) is 36.1 Å². The summed E-state index contributed by atoms with van der Waals surface area (Å²) in [5.41, 5.74) is 1.44. The van der Waals surface area contributed by atoms with E-state index in [4.69, 9.17) is 18.9 Å². The number of esters is 4. The van der Waals surface area contributed by atoms with Crippen molar-refractivity contribution in [2.45, 2.75) is 219 Å². The standard InChI is InChI=1S/C50H78O8/c1-3-5-7-9-11-13-15-17-19-21-23-25-33-39-45(51)57-47(49(53)55-41-43-35-29-27-30-36-43)48(50(54)56-42-44-37-31-28-32-38-44)58-46(52)40-34-26-24-22-20-18-16-14-12-10-8-6-4-2/h27-32,35-38,47-48H,3-26,33-34,39-42H2,1-2H3/t47-,48-/m1/s1. The first-order chi connectivity index (χ1) is 28.4. The number of carbonyl (C=O) groups is 4. The Balaban J connectivity index is 1.94. The lowest BCUT2D eigenvalue weighted by Gasteiger charge is -2.24. The highest BCUT2D eigenvalue weighted by Gasteiger charge is 2.42. The van der Waals surface area contributed by atoms with Crippen molar-refractivity contribution in [3.05, 3.63) is 71.8 Å². The molecule has 0 radical (unpaired) electrons. The molecular weight excluding hydrogens is 729 g/mol. The lowest BCUT2D eigenvalue weighted by molar-refractivity contribution is -0.193. The van der Waals surface area contributed by atoms with Gasteiger partial charge in [-0.2, -0.15) is 0 Å². The molecule has 0 amide bonds. The molecule has 0 aliphatic heterocycles. The summed E-state index contributed by atoms with van der Waals surface area (Å²) in [4.78, 5) is 53.7. The second-order valence-corrected chi connectivity index (χ2v) is 16.0. The minimum absolute atomic E-state index is 0.0684. The van der Waals surface area contributed by atoms with Gasteiger partial charge in [0.05, 0.1) is 0 Å². The van der Waals surface area contributed by atoms with Crippen LogP contribution in [-0.2, 0) is 51.3 Å². The van der Waals surface area contributed by atoms with Gasteiger partial charge in [-0.05, 0) is 24.0 Å². The van der Waals surface area contributed by atoms with Gasteiger partial charge >= 0.3 is 23.9 Å². The van der Waals surface area contributed by atoms with Crippen LogP contribution < -0.4 is 0 Å². The number of hydrogen-bond acceptors (Lipinski definition) is 8. The number of benzene rings is 2. The number of carbonyl (C=O) groups excluding carboxylic acids is 4. The topological polar surface area (TPSA) is 105 Å². The van der Waals surface area contributed by atoms with Gasteiger partial charge in [0.1, 0.15) is 13.2 Å². The average Bonchev–Trinajstić information content (AvgIpc) is 3.24. The first-order valence-corrected chi connectivity index (χ1v) is 23.2. The smallest absolute Gasteiger partial charge is 0.352 e. The minimum Gasteiger partial charge on any atom is -0.458 e. The summed E-state index contributed by atoms with van der Waals surface area (Å²) in [7, 11) is 0. The van der Waals surface area contributed by atoms with E-state index in [2.05, 4.69) is 13.8 Å². The molecule has 0 aromatic heterocycles. The molecule has 0 heterocycles. The van der Waals surface area contributed by atoms with Crippen LogP contribution >= 0.6 is 0 Å². The van der Waals surface area contributed by atoms with E-state index in [0.717, 1.165) is 49.7 Å². The molecule has 58 heavy (non-hydrogen) atoms. The van der Waals surface area contributed by atoms with Crippen LogP contribution in [0, 0.1) is 0 Å². The molecule has 326 valence electrons. The van der Waals surface area contributed by atoms with Crippen LogP contribution in [0.25, 0.3) is 0 Å². The van der Waals surface area contributed by atoms with E-state index in [0.29, 0.717) is 12.8 Å². The summed E-state index contributed by atoms with van der Waals surface area (Å²) in [6.07, 6.45) is 26.9. The summed E-state index contributed by atoms with van der Waals surface area (Å²) >= 11 is 0. The van der Waals surface area contributed by atoms with Crippen molar-refractivity contribution in [3.8, 4) is 0 Å². The molecule has 0 aliphatic rings. The van der Waals surface area contributed by atoms with Gasteiger partial charge in [0, 0.05) is 12.8 Å². The molecule has 0 N–H and O–H groups in total. The van der Waals surface area contributed by atoms with Crippen molar-refractivity contribution >= 4 is 23.9 Å². The van der Waals surface area contributed by atoms with Gasteiger partial charge in [-0.3, -0.25) is 9.59 Å². The van der Waals surface area contributed by atoms with Crippen molar-refractivity contribution in [1.82, 2.24) is 0 Å². The molecule has 0 bridgehead atoms. The van der Waals surface area contributed by atoms with Crippen LogP contribution in [0.4, 0.5) is 0 Å². The Morgan fingerprint density at radius 3 is 0.914 bits per heavy atom. The van der Waals surface area contributed by atoms with Crippen molar-refractivity contribution in [2.24, 2.45) is 0 Å². The van der Waals surface area contributed by atoms with Gasteiger partial charge in [-0.15, -0.1) is 0 Å².